The maximum atomic E-state index is 11.9. The van der Waals surface area contributed by atoms with Gasteiger partial charge in [-0.25, -0.2) is 0 Å². The molecule has 1 N–H and O–H groups in total. The Kier molecular flexibility index (Phi) is 4.17. The predicted octanol–water partition coefficient (Wildman–Crippen LogP) is 0.970. The maximum Gasteiger partial charge on any atom is 0.270 e. The van der Waals surface area contributed by atoms with Gasteiger partial charge in [-0.05, 0) is 13.1 Å². The lowest BCUT2D eigenvalue weighted by Gasteiger charge is -2.16. The molecule has 0 spiro atoms. The van der Waals surface area contributed by atoms with Gasteiger partial charge in [0.25, 0.3) is 5.91 Å². The fourth-order valence-electron chi connectivity index (χ4n) is 1.31. The maximum absolute atomic E-state index is 11.9. The molecule has 1 aromatic heterocycles. The van der Waals surface area contributed by atoms with Gasteiger partial charge in [0.05, 0.1) is 5.02 Å². The predicted molar refractivity (Wildman–Crippen MR) is 61.3 cm³/mol. The fourth-order valence-corrected chi connectivity index (χ4v) is 1.56. The summed E-state index contributed by atoms with van der Waals surface area (Å²) in [5.74, 6) is -0.0142. The van der Waals surface area contributed by atoms with E-state index in [1.54, 1.807) is 28.8 Å². The number of amides is 1. The summed E-state index contributed by atoms with van der Waals surface area (Å²) < 4.78 is 1.74. The fraction of sp³-hybridized carbons (Fsp3) is 0.500. The molecule has 0 saturated carbocycles. The lowest BCUT2D eigenvalue weighted by atomic mass is 10.3. The standard InChI is InChI=1S/C10H16ClN3O/c1-12-4-5-13(2)10(15)9-6-8(11)7-14(9)3/h6-7,12H,4-5H2,1-3H3. The highest BCUT2D eigenvalue weighted by Crippen LogP contribution is 2.13. The first kappa shape index (κ1) is 12.1. The Labute approximate surface area is 94.8 Å². The van der Waals surface area contributed by atoms with Crippen LogP contribution in [-0.4, -0.2) is 42.6 Å². The highest BCUT2D eigenvalue weighted by molar-refractivity contribution is 6.31. The first-order valence-corrected chi connectivity index (χ1v) is 5.16. The van der Waals surface area contributed by atoms with Crippen LogP contribution in [-0.2, 0) is 7.05 Å². The van der Waals surface area contributed by atoms with Gasteiger partial charge >= 0.3 is 0 Å². The third-order valence-electron chi connectivity index (χ3n) is 2.23. The van der Waals surface area contributed by atoms with Gasteiger partial charge in [0.2, 0.25) is 0 Å². The second-order valence-electron chi connectivity index (χ2n) is 3.48. The van der Waals surface area contributed by atoms with Crippen LogP contribution in [0.4, 0.5) is 0 Å². The van der Waals surface area contributed by atoms with Crippen molar-refractivity contribution in [3.05, 3.63) is 23.0 Å². The molecule has 1 heterocycles. The SMILES string of the molecule is CNCCN(C)C(=O)c1cc(Cl)cn1C. The van der Waals surface area contributed by atoms with Gasteiger partial charge in [0.15, 0.2) is 0 Å². The van der Waals surface area contributed by atoms with Crippen molar-refractivity contribution in [2.45, 2.75) is 0 Å². The van der Waals surface area contributed by atoms with Crippen molar-refractivity contribution in [2.75, 3.05) is 27.2 Å². The number of nitrogens with one attached hydrogen (secondary N) is 1. The molecule has 0 aliphatic carbocycles. The van der Waals surface area contributed by atoms with Gasteiger partial charge in [-0.3, -0.25) is 4.79 Å². The highest BCUT2D eigenvalue weighted by atomic mass is 35.5. The van der Waals surface area contributed by atoms with Crippen LogP contribution in [0.5, 0.6) is 0 Å². The van der Waals surface area contributed by atoms with E-state index in [4.69, 9.17) is 11.6 Å². The second kappa shape index (κ2) is 5.19. The van der Waals surface area contributed by atoms with Gasteiger partial charge in [0.1, 0.15) is 5.69 Å². The first-order valence-electron chi connectivity index (χ1n) is 4.78. The quantitative estimate of drug-likeness (QED) is 0.836. The average molecular weight is 230 g/mol. The molecule has 0 aromatic carbocycles. The smallest absolute Gasteiger partial charge is 0.270 e. The molecule has 0 aliphatic rings. The van der Waals surface area contributed by atoms with Crippen molar-refractivity contribution in [2.24, 2.45) is 7.05 Å². The Balaban J connectivity index is 2.71. The molecule has 1 aromatic rings. The zero-order valence-corrected chi connectivity index (χ0v) is 10.0. The Morgan fingerprint density at radius 3 is 2.80 bits per heavy atom. The summed E-state index contributed by atoms with van der Waals surface area (Å²) in [5, 5.41) is 3.58. The van der Waals surface area contributed by atoms with Crippen LogP contribution >= 0.6 is 11.6 Å². The third-order valence-corrected chi connectivity index (χ3v) is 2.44. The number of halogens is 1. The second-order valence-corrected chi connectivity index (χ2v) is 3.92. The van der Waals surface area contributed by atoms with Crippen LogP contribution in [0.25, 0.3) is 0 Å². The van der Waals surface area contributed by atoms with Crippen LogP contribution in [0.2, 0.25) is 5.02 Å². The van der Waals surface area contributed by atoms with Crippen molar-refractivity contribution < 1.29 is 4.79 Å². The number of nitrogens with zero attached hydrogens (tertiary/aromatic N) is 2. The summed E-state index contributed by atoms with van der Waals surface area (Å²) in [7, 11) is 5.45. The summed E-state index contributed by atoms with van der Waals surface area (Å²) in [6, 6.07) is 1.68. The number of aromatic nitrogens is 1. The summed E-state index contributed by atoms with van der Waals surface area (Å²) in [6.45, 7) is 1.46. The summed E-state index contributed by atoms with van der Waals surface area (Å²) in [6.07, 6.45) is 1.72. The summed E-state index contributed by atoms with van der Waals surface area (Å²) >= 11 is 5.81. The molecule has 0 bridgehead atoms. The van der Waals surface area contributed by atoms with E-state index < -0.39 is 0 Å². The number of aryl methyl sites for hydroxylation is 1. The van der Waals surface area contributed by atoms with Crippen LogP contribution in [0.15, 0.2) is 12.3 Å². The van der Waals surface area contributed by atoms with Gasteiger partial charge in [0, 0.05) is 33.4 Å². The number of hydrogen-bond acceptors (Lipinski definition) is 2. The van der Waals surface area contributed by atoms with E-state index in [1.165, 1.54) is 0 Å². The molecular formula is C10H16ClN3O. The Morgan fingerprint density at radius 2 is 2.33 bits per heavy atom. The monoisotopic (exact) mass is 229 g/mol. The lowest BCUT2D eigenvalue weighted by Crippen LogP contribution is -2.33. The molecule has 15 heavy (non-hydrogen) atoms. The summed E-state index contributed by atoms with van der Waals surface area (Å²) in [4.78, 5) is 13.6. The molecule has 1 rings (SSSR count). The normalized spacial score (nSPS) is 10.4. The van der Waals surface area contributed by atoms with Crippen LogP contribution < -0.4 is 5.32 Å². The topological polar surface area (TPSA) is 37.3 Å². The van der Waals surface area contributed by atoms with Crippen LogP contribution in [0.3, 0.4) is 0 Å². The van der Waals surface area contributed by atoms with E-state index in [0.29, 0.717) is 17.3 Å². The molecule has 0 radical (unpaired) electrons. The highest BCUT2D eigenvalue weighted by Gasteiger charge is 2.14. The Morgan fingerprint density at radius 1 is 1.67 bits per heavy atom. The zero-order valence-electron chi connectivity index (χ0n) is 9.25. The lowest BCUT2D eigenvalue weighted by molar-refractivity contribution is 0.0787. The Hall–Kier alpha value is -1.00. The number of likely N-dealkylation sites (N-methyl/N-ethyl adjacent to an activating group) is 2. The molecule has 0 unspecified atom stereocenters. The molecule has 5 heteroatoms. The molecule has 0 aliphatic heterocycles. The molecule has 0 atom stereocenters. The minimum atomic E-state index is -0.0142. The van der Waals surface area contributed by atoms with E-state index in [9.17, 15) is 4.79 Å². The molecular weight excluding hydrogens is 214 g/mol. The van der Waals surface area contributed by atoms with Gasteiger partial charge in [-0.1, -0.05) is 11.6 Å². The Bertz CT molecular complexity index is 348. The van der Waals surface area contributed by atoms with E-state index in [2.05, 4.69) is 5.32 Å². The minimum Gasteiger partial charge on any atom is -0.345 e. The van der Waals surface area contributed by atoms with Crippen LogP contribution in [0, 0.1) is 0 Å². The van der Waals surface area contributed by atoms with Crippen LogP contribution in [0.1, 0.15) is 10.5 Å². The van der Waals surface area contributed by atoms with Gasteiger partial charge in [-0.2, -0.15) is 0 Å². The number of rotatable bonds is 4. The molecule has 0 saturated heterocycles. The number of carbonyl (C=O) groups is 1. The number of hydrogen-bond donors (Lipinski definition) is 1. The van der Waals surface area contributed by atoms with Crippen molar-refractivity contribution in [1.29, 1.82) is 0 Å². The molecule has 84 valence electrons. The van der Waals surface area contributed by atoms with Crippen molar-refractivity contribution in [3.8, 4) is 0 Å². The molecule has 4 nitrogen and oxygen atoms in total. The van der Waals surface area contributed by atoms with E-state index in [-0.39, 0.29) is 5.91 Å². The minimum absolute atomic E-state index is 0.0142. The largest absolute Gasteiger partial charge is 0.345 e. The zero-order chi connectivity index (χ0) is 11.4. The van der Waals surface area contributed by atoms with Crippen molar-refractivity contribution in [1.82, 2.24) is 14.8 Å². The van der Waals surface area contributed by atoms with Crippen molar-refractivity contribution >= 4 is 17.5 Å². The molecule has 0 fully saturated rings. The van der Waals surface area contributed by atoms with E-state index >= 15 is 0 Å². The van der Waals surface area contributed by atoms with Gasteiger partial charge in [-0.15, -0.1) is 0 Å². The summed E-state index contributed by atoms with van der Waals surface area (Å²) in [5.41, 5.74) is 0.610. The molecule has 1 amide bonds. The van der Waals surface area contributed by atoms with Gasteiger partial charge < -0.3 is 14.8 Å². The first-order chi connectivity index (χ1) is 7.06. The van der Waals surface area contributed by atoms with Crippen molar-refractivity contribution in [3.63, 3.8) is 0 Å². The number of carbonyl (C=O) groups excluding carboxylic acids is 1. The average Bonchev–Trinajstić information content (AvgIpc) is 2.53. The van der Waals surface area contributed by atoms with E-state index in [0.717, 1.165) is 6.54 Å². The van der Waals surface area contributed by atoms with E-state index in [1.807, 2.05) is 14.1 Å². The third kappa shape index (κ3) is 2.97.